The number of nitrogens with zero attached hydrogens (tertiary/aromatic N) is 2. The third-order valence-corrected chi connectivity index (χ3v) is 8.79. The highest BCUT2D eigenvalue weighted by molar-refractivity contribution is 7.92. The average Bonchev–Trinajstić information content (AvgIpc) is 2.93. The van der Waals surface area contributed by atoms with Crippen LogP contribution in [0.5, 0.6) is 0 Å². The van der Waals surface area contributed by atoms with Crippen molar-refractivity contribution in [3.05, 3.63) is 94.0 Å². The molecule has 208 valence electrons. The highest BCUT2D eigenvalue weighted by Crippen LogP contribution is 2.26. The standard InChI is InChI=1S/C29H33Cl2N3O4S/c1-4-5-17-32-29(36)22(3)33(19-23-13-16-26(30)27(31)18-23)28(35)20-34(24-14-11-21(2)12-15-24)39(37,38)25-9-7-6-8-10-25/h6-16,18,22H,4-5,17,19-20H2,1-3H3,(H,32,36)/t22-/m1/s1. The molecule has 0 aliphatic carbocycles. The minimum atomic E-state index is -4.10. The summed E-state index contributed by atoms with van der Waals surface area (Å²) in [4.78, 5) is 28.3. The maximum atomic E-state index is 13.9. The average molecular weight is 591 g/mol. The van der Waals surface area contributed by atoms with Crippen molar-refractivity contribution in [3.63, 3.8) is 0 Å². The first-order valence-electron chi connectivity index (χ1n) is 12.7. The van der Waals surface area contributed by atoms with Gasteiger partial charge in [0.15, 0.2) is 0 Å². The van der Waals surface area contributed by atoms with E-state index >= 15 is 0 Å². The quantitative estimate of drug-likeness (QED) is 0.269. The zero-order chi connectivity index (χ0) is 28.6. The van der Waals surface area contributed by atoms with E-state index in [1.807, 2.05) is 13.8 Å². The molecule has 1 N–H and O–H groups in total. The van der Waals surface area contributed by atoms with Crippen LogP contribution >= 0.6 is 23.2 Å². The SMILES string of the molecule is CCCCNC(=O)[C@@H](C)N(Cc1ccc(Cl)c(Cl)c1)C(=O)CN(c1ccc(C)cc1)S(=O)(=O)c1ccccc1. The van der Waals surface area contributed by atoms with Gasteiger partial charge in [-0.2, -0.15) is 0 Å². The number of unbranched alkanes of at least 4 members (excludes halogenated alkanes) is 1. The van der Waals surface area contributed by atoms with Crippen molar-refractivity contribution in [2.75, 3.05) is 17.4 Å². The summed E-state index contributed by atoms with van der Waals surface area (Å²) in [7, 11) is -4.10. The van der Waals surface area contributed by atoms with Crippen molar-refractivity contribution in [1.29, 1.82) is 0 Å². The second-order valence-electron chi connectivity index (χ2n) is 9.25. The van der Waals surface area contributed by atoms with Crippen LogP contribution in [0.1, 0.15) is 37.8 Å². The van der Waals surface area contributed by atoms with Crippen LogP contribution in [0.3, 0.4) is 0 Å². The van der Waals surface area contributed by atoms with Crippen molar-refractivity contribution >= 4 is 50.7 Å². The first-order valence-corrected chi connectivity index (χ1v) is 14.9. The maximum Gasteiger partial charge on any atom is 0.264 e. The summed E-state index contributed by atoms with van der Waals surface area (Å²) in [5, 5.41) is 3.54. The van der Waals surface area contributed by atoms with Crippen molar-refractivity contribution < 1.29 is 18.0 Å². The molecular weight excluding hydrogens is 557 g/mol. The summed E-state index contributed by atoms with van der Waals surface area (Å²) in [5.74, 6) is -0.871. The largest absolute Gasteiger partial charge is 0.354 e. The van der Waals surface area contributed by atoms with E-state index in [2.05, 4.69) is 5.32 Å². The van der Waals surface area contributed by atoms with Gasteiger partial charge >= 0.3 is 0 Å². The van der Waals surface area contributed by atoms with E-state index in [1.165, 1.54) is 17.0 Å². The molecule has 0 aliphatic rings. The van der Waals surface area contributed by atoms with Crippen molar-refractivity contribution in [2.45, 2.75) is 51.1 Å². The van der Waals surface area contributed by atoms with Gasteiger partial charge in [0.05, 0.1) is 20.6 Å². The number of nitrogens with one attached hydrogen (secondary N) is 1. The number of hydrogen-bond donors (Lipinski definition) is 1. The molecule has 3 aromatic rings. The van der Waals surface area contributed by atoms with E-state index in [0.29, 0.717) is 27.8 Å². The number of benzene rings is 3. The van der Waals surface area contributed by atoms with E-state index in [0.717, 1.165) is 22.7 Å². The molecule has 0 heterocycles. The number of halogens is 2. The van der Waals surface area contributed by atoms with Crippen LogP contribution in [0.15, 0.2) is 77.7 Å². The summed E-state index contributed by atoms with van der Waals surface area (Å²) in [6.07, 6.45) is 1.71. The fraction of sp³-hybridized carbons (Fsp3) is 0.310. The zero-order valence-corrected chi connectivity index (χ0v) is 24.6. The van der Waals surface area contributed by atoms with Crippen LogP contribution in [0.2, 0.25) is 10.0 Å². The molecule has 0 saturated heterocycles. The number of rotatable bonds is 12. The molecule has 0 aromatic heterocycles. The van der Waals surface area contributed by atoms with Gasteiger partial charge in [-0.25, -0.2) is 8.42 Å². The summed E-state index contributed by atoms with van der Waals surface area (Å²) in [6.45, 7) is 5.54. The molecular formula is C29H33Cl2N3O4S. The van der Waals surface area contributed by atoms with Gasteiger partial charge in [0.2, 0.25) is 11.8 Å². The second-order valence-corrected chi connectivity index (χ2v) is 11.9. The Balaban J connectivity index is 1.99. The molecule has 0 unspecified atom stereocenters. The lowest BCUT2D eigenvalue weighted by Crippen LogP contribution is -2.51. The lowest BCUT2D eigenvalue weighted by Gasteiger charge is -2.32. The lowest BCUT2D eigenvalue weighted by molar-refractivity contribution is -0.139. The predicted octanol–water partition coefficient (Wildman–Crippen LogP) is 5.83. The van der Waals surface area contributed by atoms with Crippen molar-refractivity contribution in [1.82, 2.24) is 10.2 Å². The van der Waals surface area contributed by atoms with Crippen LogP contribution in [0.25, 0.3) is 0 Å². The fourth-order valence-electron chi connectivity index (χ4n) is 3.91. The van der Waals surface area contributed by atoms with Crippen molar-refractivity contribution in [3.8, 4) is 0 Å². The number of carbonyl (C=O) groups excluding carboxylic acids is 2. The van der Waals surface area contributed by atoms with Gasteiger partial charge in [0.1, 0.15) is 12.6 Å². The van der Waals surface area contributed by atoms with E-state index in [1.54, 1.807) is 67.6 Å². The molecule has 2 amide bonds. The van der Waals surface area contributed by atoms with Gasteiger partial charge in [-0.05, 0) is 62.2 Å². The number of amides is 2. The van der Waals surface area contributed by atoms with E-state index in [-0.39, 0.29) is 17.3 Å². The summed E-state index contributed by atoms with van der Waals surface area (Å²) in [6, 6.07) is 18.9. The van der Waals surface area contributed by atoms with Gasteiger partial charge in [0, 0.05) is 13.1 Å². The van der Waals surface area contributed by atoms with E-state index < -0.39 is 28.5 Å². The third kappa shape index (κ3) is 7.97. The van der Waals surface area contributed by atoms with E-state index in [4.69, 9.17) is 23.2 Å². The number of sulfonamides is 1. The highest BCUT2D eigenvalue weighted by Gasteiger charge is 2.32. The normalized spacial score (nSPS) is 12.0. The van der Waals surface area contributed by atoms with Gasteiger partial charge in [-0.3, -0.25) is 13.9 Å². The Kier molecular flexibility index (Phi) is 10.8. The predicted molar refractivity (Wildman–Crippen MR) is 157 cm³/mol. The van der Waals surface area contributed by atoms with Gasteiger partial charge in [0.25, 0.3) is 10.0 Å². The molecule has 0 saturated carbocycles. The van der Waals surface area contributed by atoms with Crippen LogP contribution in [0, 0.1) is 6.92 Å². The molecule has 3 aromatic carbocycles. The minimum Gasteiger partial charge on any atom is -0.354 e. The van der Waals surface area contributed by atoms with Crippen molar-refractivity contribution in [2.24, 2.45) is 0 Å². The summed E-state index contributed by atoms with van der Waals surface area (Å²) in [5.41, 5.74) is 1.94. The highest BCUT2D eigenvalue weighted by atomic mass is 35.5. The minimum absolute atomic E-state index is 0.0329. The molecule has 0 radical (unpaired) electrons. The summed E-state index contributed by atoms with van der Waals surface area (Å²) >= 11 is 12.3. The summed E-state index contributed by atoms with van der Waals surface area (Å²) < 4.78 is 28.6. The maximum absolute atomic E-state index is 13.9. The van der Waals surface area contributed by atoms with Crippen LogP contribution in [0.4, 0.5) is 5.69 Å². The number of aryl methyl sites for hydroxylation is 1. The fourth-order valence-corrected chi connectivity index (χ4v) is 5.67. The number of anilines is 1. The van der Waals surface area contributed by atoms with Crippen LogP contribution < -0.4 is 9.62 Å². The molecule has 0 fully saturated rings. The smallest absolute Gasteiger partial charge is 0.264 e. The lowest BCUT2D eigenvalue weighted by atomic mass is 10.1. The Hall–Kier alpha value is -3.07. The second kappa shape index (κ2) is 13.8. The zero-order valence-electron chi connectivity index (χ0n) is 22.2. The molecule has 39 heavy (non-hydrogen) atoms. The molecule has 0 bridgehead atoms. The Labute approximate surface area is 240 Å². The van der Waals surface area contributed by atoms with Crippen LogP contribution in [-0.2, 0) is 26.2 Å². The monoisotopic (exact) mass is 589 g/mol. The Bertz CT molecular complexity index is 1380. The first-order chi connectivity index (χ1) is 18.5. The molecule has 0 spiro atoms. The first kappa shape index (κ1) is 30.5. The molecule has 7 nitrogen and oxygen atoms in total. The molecule has 0 aliphatic heterocycles. The molecule has 3 rings (SSSR count). The van der Waals surface area contributed by atoms with Gasteiger partial charge in [-0.1, -0.05) is 78.5 Å². The number of carbonyl (C=O) groups is 2. The Morgan fingerprint density at radius 3 is 2.23 bits per heavy atom. The van der Waals surface area contributed by atoms with Gasteiger partial charge in [-0.15, -0.1) is 0 Å². The van der Waals surface area contributed by atoms with Gasteiger partial charge < -0.3 is 10.2 Å². The van der Waals surface area contributed by atoms with E-state index in [9.17, 15) is 18.0 Å². The number of hydrogen-bond acceptors (Lipinski definition) is 4. The molecule has 1 atom stereocenters. The Morgan fingerprint density at radius 2 is 1.62 bits per heavy atom. The third-order valence-electron chi connectivity index (χ3n) is 6.27. The van der Waals surface area contributed by atoms with Crippen LogP contribution in [-0.4, -0.2) is 44.3 Å². The Morgan fingerprint density at radius 1 is 0.949 bits per heavy atom. The topological polar surface area (TPSA) is 86.8 Å². The molecule has 10 heteroatoms.